The van der Waals surface area contributed by atoms with Crippen LogP contribution in [-0.4, -0.2) is 33.2 Å². The predicted molar refractivity (Wildman–Crippen MR) is 166 cm³/mol. The van der Waals surface area contributed by atoms with Crippen LogP contribution in [0.25, 0.3) is 49.5 Å². The van der Waals surface area contributed by atoms with Crippen LogP contribution in [0.4, 0.5) is 5.69 Å². The van der Waals surface area contributed by atoms with E-state index in [0.717, 1.165) is 75.2 Å². The Hall–Kier alpha value is -4.68. The zero-order valence-electron chi connectivity index (χ0n) is 22.8. The summed E-state index contributed by atoms with van der Waals surface area (Å²) >= 11 is 0. The molecule has 2 atom stereocenters. The number of pyridine rings is 1. The molecule has 4 aromatic carbocycles. The van der Waals surface area contributed by atoms with Crippen LogP contribution in [-0.2, 0) is 0 Å². The van der Waals surface area contributed by atoms with Gasteiger partial charge in [0.25, 0.3) is 5.91 Å². The Kier molecular flexibility index (Phi) is 6.40. The average molecular weight is 541 g/mol. The van der Waals surface area contributed by atoms with Crippen molar-refractivity contribution in [2.45, 2.75) is 31.7 Å². The summed E-state index contributed by atoms with van der Waals surface area (Å²) in [5.74, 6) is -0.316. The van der Waals surface area contributed by atoms with Gasteiger partial charge in [-0.25, -0.2) is 0 Å². The van der Waals surface area contributed by atoms with Crippen molar-refractivity contribution in [3.8, 4) is 16.8 Å². The van der Waals surface area contributed by atoms with Gasteiger partial charge in [0.05, 0.1) is 22.1 Å². The molecular formula is C35H32N4O2. The van der Waals surface area contributed by atoms with Crippen LogP contribution in [0.15, 0.2) is 97.2 Å². The number of aromatic nitrogens is 2. The number of aliphatic hydroxyl groups excluding tert-OH is 1. The van der Waals surface area contributed by atoms with Gasteiger partial charge in [-0.3, -0.25) is 9.78 Å². The summed E-state index contributed by atoms with van der Waals surface area (Å²) in [4.78, 5) is 17.2. The molecule has 2 aromatic heterocycles. The summed E-state index contributed by atoms with van der Waals surface area (Å²) in [5, 5.41) is 17.0. The van der Waals surface area contributed by atoms with Crippen molar-refractivity contribution in [2.75, 3.05) is 11.9 Å². The number of primary amides is 1. The number of hydrogen-bond acceptors (Lipinski definition) is 4. The van der Waals surface area contributed by atoms with Gasteiger partial charge in [-0.1, -0.05) is 61.4 Å². The monoisotopic (exact) mass is 540 g/mol. The lowest BCUT2D eigenvalue weighted by Crippen LogP contribution is -2.35. The number of amides is 1. The largest absolute Gasteiger partial charge is 0.396 e. The van der Waals surface area contributed by atoms with E-state index in [1.54, 1.807) is 0 Å². The molecule has 0 radical (unpaired) electrons. The molecule has 2 heterocycles. The van der Waals surface area contributed by atoms with Crippen LogP contribution >= 0.6 is 0 Å². The molecule has 1 saturated carbocycles. The number of benzene rings is 4. The SMILES string of the molecule is NC(=O)c1ccc(-n2c3ccccc3c3c(-c4cnc5ccccc5c4)cccc32)cc1N[C@H]1CCCC[C@@H]1CO. The van der Waals surface area contributed by atoms with Crippen molar-refractivity contribution in [2.24, 2.45) is 11.7 Å². The molecule has 1 fully saturated rings. The van der Waals surface area contributed by atoms with E-state index in [-0.39, 0.29) is 18.6 Å². The first-order valence-corrected chi connectivity index (χ1v) is 14.3. The Morgan fingerprint density at radius 1 is 0.927 bits per heavy atom. The summed E-state index contributed by atoms with van der Waals surface area (Å²) < 4.78 is 2.25. The van der Waals surface area contributed by atoms with Gasteiger partial charge in [-0.15, -0.1) is 0 Å². The average Bonchev–Trinajstić information content (AvgIpc) is 3.35. The third-order valence-electron chi connectivity index (χ3n) is 8.61. The first kappa shape index (κ1) is 25.3. The van der Waals surface area contributed by atoms with Gasteiger partial charge in [-0.05, 0) is 60.9 Å². The van der Waals surface area contributed by atoms with Gasteiger partial charge < -0.3 is 20.7 Å². The second kappa shape index (κ2) is 10.4. The number of fused-ring (bicyclic) bond motifs is 4. The van der Waals surface area contributed by atoms with E-state index in [1.165, 1.54) is 0 Å². The highest BCUT2D eigenvalue weighted by Gasteiger charge is 2.26. The minimum absolute atomic E-state index is 0.0901. The van der Waals surface area contributed by atoms with Crippen LogP contribution in [0.2, 0.25) is 0 Å². The summed E-state index contributed by atoms with van der Waals surface area (Å²) in [6, 6.07) is 31.1. The molecule has 41 heavy (non-hydrogen) atoms. The fourth-order valence-corrected chi connectivity index (χ4v) is 6.58. The molecule has 1 amide bonds. The lowest BCUT2D eigenvalue weighted by Gasteiger charge is -2.32. The molecule has 6 heteroatoms. The molecule has 6 aromatic rings. The van der Waals surface area contributed by atoms with Crippen molar-refractivity contribution in [1.29, 1.82) is 0 Å². The summed E-state index contributed by atoms with van der Waals surface area (Å²) in [6.45, 7) is 0.128. The highest BCUT2D eigenvalue weighted by atomic mass is 16.3. The Labute approximate surface area is 238 Å². The second-order valence-electron chi connectivity index (χ2n) is 11.0. The fraction of sp³-hybridized carbons (Fsp3) is 0.200. The van der Waals surface area contributed by atoms with Gasteiger partial charge in [-0.2, -0.15) is 0 Å². The van der Waals surface area contributed by atoms with Crippen molar-refractivity contribution >= 4 is 44.3 Å². The van der Waals surface area contributed by atoms with Crippen LogP contribution in [0.1, 0.15) is 36.0 Å². The maximum atomic E-state index is 12.5. The van der Waals surface area contributed by atoms with Crippen molar-refractivity contribution in [3.63, 3.8) is 0 Å². The highest BCUT2D eigenvalue weighted by molar-refractivity contribution is 6.16. The summed E-state index contributed by atoms with van der Waals surface area (Å²) in [7, 11) is 0. The van der Waals surface area contributed by atoms with E-state index < -0.39 is 5.91 Å². The quantitative estimate of drug-likeness (QED) is 0.211. The first-order chi connectivity index (χ1) is 20.1. The Morgan fingerprint density at radius 3 is 2.61 bits per heavy atom. The summed E-state index contributed by atoms with van der Waals surface area (Å²) in [6.07, 6.45) is 6.08. The maximum absolute atomic E-state index is 12.5. The zero-order chi connectivity index (χ0) is 27.9. The number of carbonyl (C=O) groups is 1. The Morgan fingerprint density at radius 2 is 1.73 bits per heavy atom. The van der Waals surface area contributed by atoms with Crippen LogP contribution in [0.3, 0.4) is 0 Å². The third kappa shape index (κ3) is 4.41. The minimum Gasteiger partial charge on any atom is -0.396 e. The van der Waals surface area contributed by atoms with E-state index in [9.17, 15) is 9.90 Å². The molecule has 204 valence electrons. The van der Waals surface area contributed by atoms with Gasteiger partial charge in [0.15, 0.2) is 0 Å². The molecule has 0 saturated heterocycles. The number of nitrogens with zero attached hydrogens (tertiary/aromatic N) is 2. The first-order valence-electron chi connectivity index (χ1n) is 14.3. The molecule has 0 bridgehead atoms. The van der Waals surface area contributed by atoms with Gasteiger partial charge >= 0.3 is 0 Å². The number of anilines is 1. The van der Waals surface area contributed by atoms with E-state index in [2.05, 4.69) is 64.5 Å². The van der Waals surface area contributed by atoms with Crippen molar-refractivity contribution in [3.05, 3.63) is 103 Å². The molecular weight excluding hydrogens is 508 g/mol. The number of rotatable bonds is 6. The molecule has 6 nitrogen and oxygen atoms in total. The number of nitrogens with two attached hydrogens (primary N) is 1. The zero-order valence-corrected chi connectivity index (χ0v) is 22.8. The van der Waals surface area contributed by atoms with Crippen LogP contribution in [0.5, 0.6) is 0 Å². The smallest absolute Gasteiger partial charge is 0.250 e. The molecule has 4 N–H and O–H groups in total. The summed E-state index contributed by atoms with van der Waals surface area (Å²) in [5.41, 5.74) is 13.2. The second-order valence-corrected chi connectivity index (χ2v) is 11.0. The minimum atomic E-state index is -0.469. The molecule has 0 aliphatic heterocycles. The predicted octanol–water partition coefficient (Wildman–Crippen LogP) is 7.06. The van der Waals surface area contributed by atoms with Crippen molar-refractivity contribution in [1.82, 2.24) is 9.55 Å². The van der Waals surface area contributed by atoms with Gasteiger partial charge in [0, 0.05) is 57.9 Å². The lowest BCUT2D eigenvalue weighted by molar-refractivity contribution is 0.100. The maximum Gasteiger partial charge on any atom is 0.250 e. The topological polar surface area (TPSA) is 93.2 Å². The van der Waals surface area contributed by atoms with Crippen LogP contribution < -0.4 is 11.1 Å². The standard InChI is InChI=1S/C35H32N4O2/c36-35(41)27-17-16-25(19-31(27)38-30-13-5-2-9-23(30)21-40)39-32-14-6-3-10-28(32)34-26(11-7-15-33(34)39)24-18-22-8-1-4-12-29(22)37-20-24/h1,3-4,6-8,10-12,14-20,23,30,38,40H,2,5,9,13,21H2,(H2,36,41)/t23-,30+/m1/s1. The Bertz CT molecular complexity index is 1930. The number of para-hydroxylation sites is 2. The van der Waals surface area contributed by atoms with Gasteiger partial charge in [0.2, 0.25) is 0 Å². The molecule has 7 rings (SSSR count). The van der Waals surface area contributed by atoms with Crippen molar-refractivity contribution < 1.29 is 9.90 Å². The third-order valence-corrected chi connectivity index (χ3v) is 8.61. The van der Waals surface area contributed by atoms with Crippen LogP contribution in [0, 0.1) is 5.92 Å². The van der Waals surface area contributed by atoms with E-state index in [4.69, 9.17) is 10.7 Å². The number of carbonyl (C=O) groups excluding carboxylic acids is 1. The number of hydrogen-bond donors (Lipinski definition) is 3. The molecule has 1 aliphatic rings. The van der Waals surface area contributed by atoms with E-state index in [1.807, 2.05) is 42.6 Å². The highest BCUT2D eigenvalue weighted by Crippen LogP contribution is 2.39. The van der Waals surface area contributed by atoms with E-state index in [0.29, 0.717) is 11.3 Å². The molecule has 0 spiro atoms. The Balaban J connectivity index is 1.42. The van der Waals surface area contributed by atoms with E-state index >= 15 is 0 Å². The molecule has 0 unspecified atom stereocenters. The number of aliphatic hydroxyl groups is 1. The molecule has 1 aliphatic carbocycles. The fourth-order valence-electron chi connectivity index (χ4n) is 6.58. The van der Waals surface area contributed by atoms with Gasteiger partial charge in [0.1, 0.15) is 0 Å². The lowest BCUT2D eigenvalue weighted by atomic mass is 9.85. The normalized spacial score (nSPS) is 17.3. The number of nitrogens with one attached hydrogen (secondary N) is 1.